The van der Waals surface area contributed by atoms with Crippen LogP contribution >= 0.6 is 0 Å². The maximum absolute atomic E-state index is 9.83. The van der Waals surface area contributed by atoms with E-state index in [1.807, 2.05) is 18.3 Å². The van der Waals surface area contributed by atoms with Crippen LogP contribution in [-0.4, -0.2) is 16.2 Å². The lowest BCUT2D eigenvalue weighted by Gasteiger charge is -2.09. The Morgan fingerprint density at radius 3 is 2.88 bits per heavy atom. The highest BCUT2D eigenvalue weighted by molar-refractivity contribution is 5.08. The van der Waals surface area contributed by atoms with Gasteiger partial charge < -0.3 is 5.11 Å². The van der Waals surface area contributed by atoms with Crippen LogP contribution < -0.4 is 0 Å². The van der Waals surface area contributed by atoms with Crippen LogP contribution in [0.15, 0.2) is 37.2 Å². The molecule has 0 fully saturated rings. The average molecular weight is 233 g/mol. The van der Waals surface area contributed by atoms with Crippen molar-refractivity contribution in [2.45, 2.75) is 51.0 Å². The summed E-state index contributed by atoms with van der Waals surface area (Å²) in [5.41, 5.74) is 1.21. The zero-order chi connectivity index (χ0) is 12.3. The number of aryl methyl sites for hydroxylation is 1. The number of pyridine rings is 1. The second-order valence-electron chi connectivity index (χ2n) is 4.48. The van der Waals surface area contributed by atoms with Gasteiger partial charge in [-0.2, -0.15) is 0 Å². The summed E-state index contributed by atoms with van der Waals surface area (Å²) in [6.45, 7) is 3.70. The third-order valence-corrected chi connectivity index (χ3v) is 2.93. The van der Waals surface area contributed by atoms with Crippen LogP contribution in [0.3, 0.4) is 0 Å². The van der Waals surface area contributed by atoms with Crippen molar-refractivity contribution in [3.63, 3.8) is 0 Å². The third-order valence-electron chi connectivity index (χ3n) is 2.93. The number of aromatic nitrogens is 1. The molecular formula is C15H23NO. The lowest BCUT2D eigenvalue weighted by Crippen LogP contribution is -2.07. The van der Waals surface area contributed by atoms with Gasteiger partial charge in [-0.1, -0.05) is 25.0 Å². The van der Waals surface area contributed by atoms with E-state index in [0.29, 0.717) is 0 Å². The average Bonchev–Trinajstić information content (AvgIpc) is 2.37. The minimum Gasteiger partial charge on any atom is -0.393 e. The van der Waals surface area contributed by atoms with E-state index in [1.54, 1.807) is 6.20 Å². The molecule has 1 unspecified atom stereocenters. The van der Waals surface area contributed by atoms with Gasteiger partial charge in [0.05, 0.1) is 6.10 Å². The highest BCUT2D eigenvalue weighted by Crippen LogP contribution is 2.11. The molecular weight excluding hydrogens is 210 g/mol. The number of aliphatic hydroxyl groups excluding tert-OH is 1. The van der Waals surface area contributed by atoms with Crippen molar-refractivity contribution in [1.82, 2.24) is 4.98 Å². The van der Waals surface area contributed by atoms with Crippen molar-refractivity contribution in [1.29, 1.82) is 0 Å². The van der Waals surface area contributed by atoms with E-state index in [9.17, 15) is 5.11 Å². The molecule has 0 aliphatic heterocycles. The Bertz CT molecular complexity index is 297. The molecule has 1 aromatic rings. The second kappa shape index (κ2) is 8.94. The second-order valence-corrected chi connectivity index (χ2v) is 4.48. The molecule has 0 saturated carbocycles. The molecule has 0 aliphatic carbocycles. The number of hydrogen-bond acceptors (Lipinski definition) is 2. The van der Waals surface area contributed by atoms with Crippen LogP contribution in [0.4, 0.5) is 0 Å². The van der Waals surface area contributed by atoms with Crippen molar-refractivity contribution in [2.75, 3.05) is 0 Å². The van der Waals surface area contributed by atoms with Gasteiger partial charge >= 0.3 is 0 Å². The first-order valence-electron chi connectivity index (χ1n) is 6.51. The summed E-state index contributed by atoms with van der Waals surface area (Å²) >= 11 is 0. The van der Waals surface area contributed by atoms with E-state index in [4.69, 9.17) is 0 Å². The zero-order valence-electron chi connectivity index (χ0n) is 10.5. The molecule has 94 valence electrons. The molecule has 1 rings (SSSR count). The van der Waals surface area contributed by atoms with E-state index in [2.05, 4.69) is 17.6 Å². The van der Waals surface area contributed by atoms with E-state index in [-0.39, 0.29) is 6.10 Å². The molecule has 1 atom stereocenters. The lowest BCUT2D eigenvalue weighted by atomic mass is 10.0. The first kappa shape index (κ1) is 13.9. The van der Waals surface area contributed by atoms with E-state index in [0.717, 1.165) is 32.1 Å². The topological polar surface area (TPSA) is 33.1 Å². The first-order chi connectivity index (χ1) is 8.33. The van der Waals surface area contributed by atoms with E-state index in [1.165, 1.54) is 18.4 Å². The van der Waals surface area contributed by atoms with Crippen molar-refractivity contribution in [3.05, 3.63) is 42.7 Å². The lowest BCUT2D eigenvalue weighted by molar-refractivity contribution is 0.151. The Labute approximate surface area is 104 Å². The van der Waals surface area contributed by atoms with Crippen LogP contribution in [0.25, 0.3) is 0 Å². The summed E-state index contributed by atoms with van der Waals surface area (Å²) in [6.07, 6.45) is 12.7. The minimum absolute atomic E-state index is 0.168. The van der Waals surface area contributed by atoms with Crippen LogP contribution in [-0.2, 0) is 6.42 Å². The smallest absolute Gasteiger partial charge is 0.0543 e. The Morgan fingerprint density at radius 2 is 2.18 bits per heavy atom. The van der Waals surface area contributed by atoms with Gasteiger partial charge in [-0.3, -0.25) is 4.98 Å². The standard InChI is InChI=1S/C15H23NO/c1-2-3-4-5-6-9-15(17)11-10-14-8-7-12-16-13-14/h2,7-8,12-13,15,17H,1,3-6,9-11H2. The molecule has 1 heterocycles. The molecule has 0 radical (unpaired) electrons. The van der Waals surface area contributed by atoms with Gasteiger partial charge in [-0.05, 0) is 43.7 Å². The van der Waals surface area contributed by atoms with Crippen LogP contribution in [0, 0.1) is 0 Å². The largest absolute Gasteiger partial charge is 0.393 e. The summed E-state index contributed by atoms with van der Waals surface area (Å²) in [5.74, 6) is 0. The predicted octanol–water partition coefficient (Wildman–Crippen LogP) is 3.51. The number of nitrogens with zero attached hydrogens (tertiary/aromatic N) is 1. The van der Waals surface area contributed by atoms with Gasteiger partial charge in [0.1, 0.15) is 0 Å². The predicted molar refractivity (Wildman–Crippen MR) is 71.8 cm³/mol. The van der Waals surface area contributed by atoms with E-state index >= 15 is 0 Å². The maximum Gasteiger partial charge on any atom is 0.0543 e. The van der Waals surface area contributed by atoms with Crippen LogP contribution in [0.2, 0.25) is 0 Å². The highest BCUT2D eigenvalue weighted by Gasteiger charge is 2.04. The Morgan fingerprint density at radius 1 is 1.29 bits per heavy atom. The summed E-state index contributed by atoms with van der Waals surface area (Å²) in [7, 11) is 0. The fraction of sp³-hybridized carbons (Fsp3) is 0.533. The SMILES string of the molecule is C=CCCCCCC(O)CCc1cccnc1. The van der Waals surface area contributed by atoms with Crippen LogP contribution in [0.1, 0.15) is 44.1 Å². The highest BCUT2D eigenvalue weighted by atomic mass is 16.3. The molecule has 1 N–H and O–H groups in total. The molecule has 17 heavy (non-hydrogen) atoms. The molecule has 0 aliphatic rings. The van der Waals surface area contributed by atoms with Crippen molar-refractivity contribution in [2.24, 2.45) is 0 Å². The fourth-order valence-electron chi connectivity index (χ4n) is 1.87. The normalized spacial score (nSPS) is 12.3. The summed E-state index contributed by atoms with van der Waals surface area (Å²) in [6, 6.07) is 4.00. The van der Waals surface area contributed by atoms with Gasteiger partial charge in [0.15, 0.2) is 0 Å². The minimum atomic E-state index is -0.168. The Hall–Kier alpha value is -1.15. The fourth-order valence-corrected chi connectivity index (χ4v) is 1.87. The molecule has 0 spiro atoms. The molecule has 2 nitrogen and oxygen atoms in total. The molecule has 0 amide bonds. The van der Waals surface area contributed by atoms with Crippen molar-refractivity contribution in [3.8, 4) is 0 Å². The summed E-state index contributed by atoms with van der Waals surface area (Å²) in [4.78, 5) is 4.07. The molecule has 0 saturated heterocycles. The molecule has 1 aromatic heterocycles. The zero-order valence-corrected chi connectivity index (χ0v) is 10.5. The van der Waals surface area contributed by atoms with Crippen molar-refractivity contribution >= 4 is 0 Å². The van der Waals surface area contributed by atoms with Crippen LogP contribution in [0.5, 0.6) is 0 Å². The third kappa shape index (κ3) is 6.90. The van der Waals surface area contributed by atoms with Gasteiger partial charge in [-0.25, -0.2) is 0 Å². The number of allylic oxidation sites excluding steroid dienone is 1. The summed E-state index contributed by atoms with van der Waals surface area (Å²) < 4.78 is 0. The number of hydrogen-bond donors (Lipinski definition) is 1. The summed E-state index contributed by atoms with van der Waals surface area (Å²) in [5, 5.41) is 9.83. The molecule has 0 aromatic carbocycles. The Kier molecular flexibility index (Phi) is 7.32. The van der Waals surface area contributed by atoms with Gasteiger partial charge in [-0.15, -0.1) is 6.58 Å². The van der Waals surface area contributed by atoms with Gasteiger partial charge in [0.2, 0.25) is 0 Å². The monoisotopic (exact) mass is 233 g/mol. The first-order valence-corrected chi connectivity index (χ1v) is 6.51. The molecule has 2 heteroatoms. The molecule has 0 bridgehead atoms. The number of rotatable bonds is 9. The quantitative estimate of drug-likeness (QED) is 0.523. The van der Waals surface area contributed by atoms with Crippen molar-refractivity contribution < 1.29 is 5.11 Å². The van der Waals surface area contributed by atoms with E-state index < -0.39 is 0 Å². The van der Waals surface area contributed by atoms with Gasteiger partial charge in [0, 0.05) is 12.4 Å². The van der Waals surface area contributed by atoms with Gasteiger partial charge in [0.25, 0.3) is 0 Å². The number of unbranched alkanes of at least 4 members (excludes halogenated alkanes) is 3. The number of aliphatic hydroxyl groups is 1. The Balaban J connectivity index is 2.05. The maximum atomic E-state index is 9.83.